The highest BCUT2D eigenvalue weighted by Gasteiger charge is 2.44. The van der Waals surface area contributed by atoms with Gasteiger partial charge in [0.1, 0.15) is 24.4 Å². The van der Waals surface area contributed by atoms with Gasteiger partial charge in [-0.3, -0.25) is 4.79 Å². The van der Waals surface area contributed by atoms with Gasteiger partial charge in [-0.15, -0.1) is 0 Å². The number of aliphatic hydroxyl groups excluding tert-OH is 5. The third-order valence-electron chi connectivity index (χ3n) is 13.6. The van der Waals surface area contributed by atoms with Crippen LogP contribution in [-0.2, 0) is 14.3 Å². The Balaban J connectivity index is 2.19. The number of carbonyl (C=O) groups is 1. The minimum Gasteiger partial charge on any atom is -0.394 e. The van der Waals surface area contributed by atoms with E-state index in [2.05, 4.69) is 67.8 Å². The van der Waals surface area contributed by atoms with Crippen molar-refractivity contribution in [3.63, 3.8) is 0 Å². The summed E-state index contributed by atoms with van der Waals surface area (Å²) in [7, 11) is 0. The van der Waals surface area contributed by atoms with Crippen LogP contribution in [-0.4, -0.2) is 87.5 Å². The summed E-state index contributed by atoms with van der Waals surface area (Å²) in [4.78, 5) is 12.9. The minimum absolute atomic E-state index is 0.111. The second kappa shape index (κ2) is 50.2. The van der Waals surface area contributed by atoms with Crippen LogP contribution in [0.2, 0.25) is 0 Å². The van der Waals surface area contributed by atoms with Gasteiger partial charge in [0.2, 0.25) is 5.91 Å². The van der Waals surface area contributed by atoms with Crippen LogP contribution in [0.15, 0.2) is 72.9 Å². The Kier molecular flexibility index (Phi) is 47.1. The van der Waals surface area contributed by atoms with Gasteiger partial charge < -0.3 is 40.3 Å². The number of aliphatic hydroxyl groups is 5. The van der Waals surface area contributed by atoms with Crippen LogP contribution in [0.4, 0.5) is 0 Å². The monoisotopic (exact) mass is 984 g/mol. The fourth-order valence-corrected chi connectivity index (χ4v) is 8.99. The predicted molar refractivity (Wildman–Crippen MR) is 295 cm³/mol. The second-order valence-corrected chi connectivity index (χ2v) is 20.1. The zero-order valence-corrected chi connectivity index (χ0v) is 45.0. The Morgan fingerprint density at radius 2 is 0.871 bits per heavy atom. The molecule has 0 aromatic carbocycles. The molecule has 0 aromatic rings. The quantitative estimate of drug-likeness (QED) is 0.0261. The first kappa shape index (κ1) is 65.6. The van der Waals surface area contributed by atoms with Crippen molar-refractivity contribution in [3.05, 3.63) is 72.9 Å². The second-order valence-electron chi connectivity index (χ2n) is 20.1. The molecule has 7 atom stereocenters. The molecule has 9 heteroatoms. The van der Waals surface area contributed by atoms with Crippen molar-refractivity contribution < 1.29 is 39.8 Å². The van der Waals surface area contributed by atoms with E-state index in [1.165, 1.54) is 180 Å². The van der Waals surface area contributed by atoms with E-state index < -0.39 is 49.5 Å². The fraction of sp³-hybridized carbons (Fsp3) is 0.787. The largest absolute Gasteiger partial charge is 0.394 e. The summed E-state index contributed by atoms with van der Waals surface area (Å²) in [5, 5.41) is 54.3. The lowest BCUT2D eigenvalue weighted by Crippen LogP contribution is -2.60. The van der Waals surface area contributed by atoms with Crippen LogP contribution in [0.3, 0.4) is 0 Å². The Morgan fingerprint density at radius 1 is 0.500 bits per heavy atom. The third kappa shape index (κ3) is 39.2. The normalized spacial score (nSPS) is 19.9. The summed E-state index contributed by atoms with van der Waals surface area (Å²) >= 11 is 0. The van der Waals surface area contributed by atoms with Crippen molar-refractivity contribution in [2.45, 2.75) is 294 Å². The van der Waals surface area contributed by atoms with E-state index >= 15 is 0 Å². The molecule has 1 aliphatic heterocycles. The van der Waals surface area contributed by atoms with Gasteiger partial charge >= 0.3 is 0 Å². The summed E-state index contributed by atoms with van der Waals surface area (Å²) in [5.74, 6) is -0.303. The number of nitrogens with one attached hydrogen (secondary N) is 1. The lowest BCUT2D eigenvalue weighted by molar-refractivity contribution is -0.302. The van der Waals surface area contributed by atoms with Gasteiger partial charge in [-0.05, 0) is 44.9 Å². The number of allylic oxidation sites excluding steroid dienone is 10. The molecule has 0 aromatic heterocycles. The van der Waals surface area contributed by atoms with E-state index in [1.807, 2.05) is 12.2 Å². The molecule has 0 spiro atoms. The predicted octanol–water partition coefficient (Wildman–Crippen LogP) is 14.5. The Labute approximate surface area is 429 Å². The van der Waals surface area contributed by atoms with Crippen molar-refractivity contribution in [1.82, 2.24) is 5.32 Å². The van der Waals surface area contributed by atoms with E-state index in [9.17, 15) is 30.3 Å². The van der Waals surface area contributed by atoms with Gasteiger partial charge in [0.15, 0.2) is 6.29 Å². The van der Waals surface area contributed by atoms with Crippen LogP contribution in [0.25, 0.3) is 0 Å². The van der Waals surface area contributed by atoms with Crippen molar-refractivity contribution in [1.29, 1.82) is 0 Å². The molecule has 1 amide bonds. The SMILES string of the molecule is CC/C=C\C/C=C\C/C=C\C/C=C\C/C=C\CC(=O)NC(COC1OC(CO)C(O)C(O)C1O)C(O)/C=C/CCCCCCCCCCCCCCCCCCCCCCCCCCCCCCCC. The molecule has 0 radical (unpaired) electrons. The standard InChI is InChI=1S/C61H109NO8/c1-3-5-7-9-11-13-15-17-19-20-21-22-23-24-25-26-27-28-29-30-31-32-33-34-35-37-38-40-42-44-46-48-50-55(64)54(53-69-61-60(68)59(67)58(66)56(52-63)70-61)62-57(65)51-49-47-45-43-41-39-36-18-16-14-12-10-8-6-4-2/h6,8,12,14,18,36,41,43,47-50,54-56,58-61,63-64,66-68H,3-5,7,9-11,13,15-17,19-35,37-40,42,44-46,51-53H2,1-2H3,(H,62,65)/b8-6-,14-12-,36-18-,43-41-,49-47-,50-48+. The Bertz CT molecular complexity index is 1330. The highest BCUT2D eigenvalue weighted by Crippen LogP contribution is 2.23. The van der Waals surface area contributed by atoms with Gasteiger partial charge in [0.05, 0.1) is 25.4 Å². The Morgan fingerprint density at radius 3 is 1.26 bits per heavy atom. The highest BCUT2D eigenvalue weighted by molar-refractivity contribution is 5.77. The van der Waals surface area contributed by atoms with Crippen molar-refractivity contribution >= 4 is 5.91 Å². The summed E-state index contributed by atoms with van der Waals surface area (Å²) < 4.78 is 11.2. The van der Waals surface area contributed by atoms with Gasteiger partial charge in [-0.1, -0.05) is 273 Å². The maximum Gasteiger partial charge on any atom is 0.224 e. The van der Waals surface area contributed by atoms with Gasteiger partial charge in [-0.25, -0.2) is 0 Å². The molecule has 0 saturated carbocycles. The highest BCUT2D eigenvalue weighted by atomic mass is 16.7. The summed E-state index contributed by atoms with van der Waals surface area (Å²) in [6.07, 6.45) is 63.1. The maximum absolute atomic E-state index is 12.9. The Hall–Kier alpha value is -2.37. The smallest absolute Gasteiger partial charge is 0.224 e. The van der Waals surface area contributed by atoms with Gasteiger partial charge in [0.25, 0.3) is 0 Å². The van der Waals surface area contributed by atoms with E-state index in [-0.39, 0.29) is 18.9 Å². The molecular formula is C61H109NO8. The van der Waals surface area contributed by atoms with E-state index in [0.29, 0.717) is 6.42 Å². The summed E-state index contributed by atoms with van der Waals surface area (Å²) in [5.41, 5.74) is 0. The van der Waals surface area contributed by atoms with Crippen molar-refractivity contribution in [3.8, 4) is 0 Å². The third-order valence-corrected chi connectivity index (χ3v) is 13.6. The topological polar surface area (TPSA) is 149 Å². The van der Waals surface area contributed by atoms with E-state index in [4.69, 9.17) is 9.47 Å². The molecule has 1 rings (SSSR count). The number of unbranched alkanes of at least 4 members (excludes halogenated alkanes) is 30. The lowest BCUT2D eigenvalue weighted by atomic mass is 9.99. The van der Waals surface area contributed by atoms with E-state index in [1.54, 1.807) is 12.2 Å². The molecular weight excluding hydrogens is 875 g/mol. The molecule has 0 aliphatic carbocycles. The number of amides is 1. The summed E-state index contributed by atoms with van der Waals surface area (Å²) in [6, 6.07) is -0.864. The summed E-state index contributed by atoms with van der Waals surface area (Å²) in [6.45, 7) is 3.62. The van der Waals surface area contributed by atoms with Crippen molar-refractivity contribution in [2.24, 2.45) is 0 Å². The number of hydrogen-bond donors (Lipinski definition) is 6. The lowest BCUT2D eigenvalue weighted by Gasteiger charge is -2.40. The molecule has 9 nitrogen and oxygen atoms in total. The molecule has 1 fully saturated rings. The number of ether oxygens (including phenoxy) is 2. The van der Waals surface area contributed by atoms with E-state index in [0.717, 1.165) is 44.9 Å². The molecule has 7 unspecified atom stereocenters. The molecule has 70 heavy (non-hydrogen) atoms. The maximum atomic E-state index is 12.9. The van der Waals surface area contributed by atoms with Crippen LogP contribution in [0, 0.1) is 0 Å². The molecule has 1 heterocycles. The number of hydrogen-bond acceptors (Lipinski definition) is 8. The molecule has 1 saturated heterocycles. The number of rotatable bonds is 49. The first-order valence-corrected chi connectivity index (χ1v) is 29.2. The average molecular weight is 985 g/mol. The zero-order valence-electron chi connectivity index (χ0n) is 45.0. The molecule has 1 aliphatic rings. The van der Waals surface area contributed by atoms with Gasteiger partial charge in [-0.2, -0.15) is 0 Å². The van der Waals surface area contributed by atoms with Crippen LogP contribution in [0.1, 0.15) is 251 Å². The molecule has 0 bridgehead atoms. The first-order valence-electron chi connectivity index (χ1n) is 29.2. The first-order chi connectivity index (χ1) is 34.3. The average Bonchev–Trinajstić information content (AvgIpc) is 3.36. The zero-order chi connectivity index (χ0) is 50.8. The van der Waals surface area contributed by atoms with Crippen molar-refractivity contribution in [2.75, 3.05) is 13.2 Å². The van der Waals surface area contributed by atoms with Crippen LogP contribution < -0.4 is 5.32 Å². The fourth-order valence-electron chi connectivity index (χ4n) is 8.99. The molecule has 6 N–H and O–H groups in total. The minimum atomic E-state index is -1.59. The van der Waals surface area contributed by atoms with Gasteiger partial charge in [0, 0.05) is 6.42 Å². The van der Waals surface area contributed by atoms with Crippen LogP contribution >= 0.6 is 0 Å². The molecule has 406 valence electrons. The number of carbonyl (C=O) groups excluding carboxylic acids is 1. The van der Waals surface area contributed by atoms with Crippen LogP contribution in [0.5, 0.6) is 0 Å².